The molecular weight excluding hydrogens is 214 g/mol. The van der Waals surface area contributed by atoms with E-state index in [9.17, 15) is 0 Å². The summed E-state index contributed by atoms with van der Waals surface area (Å²) in [6, 6.07) is 0.972. The Labute approximate surface area is 100 Å². The van der Waals surface area contributed by atoms with E-state index in [-0.39, 0.29) is 0 Å². The highest BCUT2D eigenvalue weighted by atomic mass is 15.5. The summed E-state index contributed by atoms with van der Waals surface area (Å²) < 4.78 is 0. The van der Waals surface area contributed by atoms with E-state index >= 15 is 0 Å². The number of fused-ring (bicyclic) bond motifs is 5. The van der Waals surface area contributed by atoms with Gasteiger partial charge in [-0.2, -0.15) is 0 Å². The van der Waals surface area contributed by atoms with Crippen molar-refractivity contribution in [2.75, 3.05) is 7.05 Å². The van der Waals surface area contributed by atoms with E-state index in [0.717, 1.165) is 23.3 Å². The van der Waals surface area contributed by atoms with Crippen LogP contribution in [0.3, 0.4) is 0 Å². The van der Waals surface area contributed by atoms with Crippen LogP contribution in [0.25, 0.3) is 0 Å². The van der Waals surface area contributed by atoms with E-state index in [2.05, 4.69) is 19.8 Å². The Morgan fingerprint density at radius 3 is 3.06 bits per heavy atom. The highest BCUT2D eigenvalue weighted by Crippen LogP contribution is 2.36. The molecule has 1 aliphatic carbocycles. The van der Waals surface area contributed by atoms with E-state index in [1.165, 1.54) is 19.3 Å². The molecule has 3 heterocycles. The van der Waals surface area contributed by atoms with E-state index in [1.807, 2.05) is 20.2 Å². The molecular formula is C12H15N5. The van der Waals surface area contributed by atoms with Crippen LogP contribution >= 0.6 is 0 Å². The van der Waals surface area contributed by atoms with Crippen LogP contribution in [0.4, 0.5) is 0 Å². The number of amidine groups is 2. The molecule has 0 aromatic heterocycles. The third-order valence-electron chi connectivity index (χ3n) is 3.91. The quantitative estimate of drug-likeness (QED) is 0.626. The van der Waals surface area contributed by atoms with Crippen molar-refractivity contribution in [3.8, 4) is 0 Å². The van der Waals surface area contributed by atoms with Gasteiger partial charge in [-0.05, 0) is 26.2 Å². The molecule has 5 nitrogen and oxygen atoms in total. The Hall–Kier alpha value is -1.65. The predicted molar refractivity (Wildman–Crippen MR) is 67.1 cm³/mol. The van der Waals surface area contributed by atoms with Crippen molar-refractivity contribution in [2.45, 2.75) is 38.3 Å². The molecule has 0 aromatic carbocycles. The highest BCUT2D eigenvalue weighted by molar-refractivity contribution is 6.19. The summed E-state index contributed by atoms with van der Waals surface area (Å²) in [6.07, 6.45) is 5.74. The van der Waals surface area contributed by atoms with Gasteiger partial charge in [-0.3, -0.25) is 4.90 Å². The molecule has 0 spiro atoms. The summed E-state index contributed by atoms with van der Waals surface area (Å²) in [5.74, 6) is 2.91. The Morgan fingerprint density at radius 2 is 2.18 bits per heavy atom. The topological polar surface area (TPSA) is 43.6 Å². The smallest absolute Gasteiger partial charge is 0.207 e. The van der Waals surface area contributed by atoms with Crippen LogP contribution < -0.4 is 0 Å². The van der Waals surface area contributed by atoms with Gasteiger partial charge in [0.05, 0.1) is 12.1 Å². The van der Waals surface area contributed by atoms with Crippen molar-refractivity contribution < 1.29 is 0 Å². The molecule has 3 aliphatic heterocycles. The molecule has 0 radical (unpaired) electrons. The molecule has 0 unspecified atom stereocenters. The molecule has 4 rings (SSSR count). The third kappa shape index (κ3) is 1.11. The number of nitrogens with zero attached hydrogens (tertiary/aromatic N) is 5. The second kappa shape index (κ2) is 2.97. The minimum atomic E-state index is 0.462. The average molecular weight is 229 g/mol. The van der Waals surface area contributed by atoms with Crippen molar-refractivity contribution in [3.63, 3.8) is 0 Å². The summed E-state index contributed by atoms with van der Waals surface area (Å²) in [5.41, 5.74) is 0.983. The van der Waals surface area contributed by atoms with Crippen molar-refractivity contribution in [1.82, 2.24) is 9.80 Å². The molecule has 0 N–H and O–H groups in total. The number of hydrogen-bond donors (Lipinski definition) is 0. The molecule has 17 heavy (non-hydrogen) atoms. The first-order chi connectivity index (χ1) is 8.24. The van der Waals surface area contributed by atoms with Gasteiger partial charge in [0.2, 0.25) is 5.96 Å². The minimum absolute atomic E-state index is 0.462. The number of guanidine groups is 1. The van der Waals surface area contributed by atoms with E-state index < -0.39 is 0 Å². The fourth-order valence-electron chi connectivity index (χ4n) is 3.21. The second-order valence-electron chi connectivity index (χ2n) is 5.08. The zero-order valence-electron chi connectivity index (χ0n) is 10.1. The minimum Gasteiger partial charge on any atom is -0.320 e. The zero-order chi connectivity index (χ0) is 11.6. The largest absolute Gasteiger partial charge is 0.320 e. The van der Waals surface area contributed by atoms with Crippen molar-refractivity contribution in [2.24, 2.45) is 15.0 Å². The van der Waals surface area contributed by atoms with Crippen LogP contribution in [-0.2, 0) is 0 Å². The zero-order valence-corrected chi connectivity index (χ0v) is 10.1. The molecule has 1 fully saturated rings. The third-order valence-corrected chi connectivity index (χ3v) is 3.91. The van der Waals surface area contributed by atoms with Gasteiger partial charge in [0, 0.05) is 13.2 Å². The van der Waals surface area contributed by atoms with Gasteiger partial charge in [-0.15, -0.1) is 0 Å². The van der Waals surface area contributed by atoms with Crippen LogP contribution in [0.2, 0.25) is 0 Å². The maximum absolute atomic E-state index is 4.83. The number of rotatable bonds is 0. The maximum Gasteiger partial charge on any atom is 0.207 e. The van der Waals surface area contributed by atoms with Gasteiger partial charge in [-0.1, -0.05) is 0 Å². The van der Waals surface area contributed by atoms with E-state index in [0.29, 0.717) is 12.1 Å². The first-order valence-electron chi connectivity index (χ1n) is 6.20. The fourth-order valence-corrected chi connectivity index (χ4v) is 3.21. The van der Waals surface area contributed by atoms with Gasteiger partial charge in [-0.25, -0.2) is 15.0 Å². The van der Waals surface area contributed by atoms with Gasteiger partial charge >= 0.3 is 0 Å². The molecule has 0 aromatic rings. The van der Waals surface area contributed by atoms with Gasteiger partial charge in [0.15, 0.2) is 5.84 Å². The maximum atomic E-state index is 4.83. The van der Waals surface area contributed by atoms with Gasteiger partial charge < -0.3 is 4.90 Å². The summed E-state index contributed by atoms with van der Waals surface area (Å²) in [5, 5.41) is 0. The van der Waals surface area contributed by atoms with Crippen LogP contribution in [-0.4, -0.2) is 46.6 Å². The molecule has 5 heteroatoms. The lowest BCUT2D eigenvalue weighted by Crippen LogP contribution is -2.49. The van der Waals surface area contributed by atoms with Crippen LogP contribution in [0.1, 0.15) is 26.2 Å². The van der Waals surface area contributed by atoms with E-state index in [4.69, 9.17) is 4.99 Å². The normalized spacial score (nSPS) is 33.8. The second-order valence-corrected chi connectivity index (χ2v) is 5.08. The SMILES string of the molecule is CC1=NC2=CN(C)C3=N[C@@H]4CCC[C@@H]4N3C2=N1. The first-order valence-corrected chi connectivity index (χ1v) is 6.20. The monoisotopic (exact) mass is 229 g/mol. The predicted octanol–water partition coefficient (Wildman–Crippen LogP) is 1.20. The molecule has 88 valence electrons. The molecule has 0 bridgehead atoms. The standard InChI is InChI=1S/C12H15N5/c1-7-13-9-6-16(2)12-15-8-4-3-5-10(8)17(12)11(9)14-7/h6,8,10H,3-5H2,1-2H3/t8-,10+/m1/s1. The van der Waals surface area contributed by atoms with Crippen LogP contribution in [0.5, 0.6) is 0 Å². The van der Waals surface area contributed by atoms with Crippen LogP contribution in [0.15, 0.2) is 26.9 Å². The molecule has 1 saturated carbocycles. The average Bonchev–Trinajstić information content (AvgIpc) is 2.89. The van der Waals surface area contributed by atoms with Gasteiger partial charge in [0.25, 0.3) is 0 Å². The summed E-state index contributed by atoms with van der Waals surface area (Å²) in [4.78, 5) is 18.2. The van der Waals surface area contributed by atoms with Gasteiger partial charge in [0.1, 0.15) is 11.5 Å². The van der Waals surface area contributed by atoms with Crippen LogP contribution in [0, 0.1) is 0 Å². The Balaban J connectivity index is 1.84. The summed E-state index contributed by atoms with van der Waals surface area (Å²) >= 11 is 0. The fraction of sp³-hybridized carbons (Fsp3) is 0.583. The summed E-state index contributed by atoms with van der Waals surface area (Å²) in [7, 11) is 2.04. The van der Waals surface area contributed by atoms with Crippen molar-refractivity contribution in [1.29, 1.82) is 0 Å². The number of hydrogen-bond acceptors (Lipinski definition) is 5. The van der Waals surface area contributed by atoms with Crippen molar-refractivity contribution in [3.05, 3.63) is 11.9 Å². The molecule has 2 atom stereocenters. The Bertz CT molecular complexity index is 513. The Morgan fingerprint density at radius 1 is 1.29 bits per heavy atom. The molecule has 4 aliphatic rings. The first kappa shape index (κ1) is 9.39. The highest BCUT2D eigenvalue weighted by Gasteiger charge is 2.46. The Kier molecular flexibility index (Phi) is 1.64. The lowest BCUT2D eigenvalue weighted by Gasteiger charge is -2.33. The summed E-state index contributed by atoms with van der Waals surface area (Å²) in [6.45, 7) is 1.95. The van der Waals surface area contributed by atoms with E-state index in [1.54, 1.807) is 0 Å². The lowest BCUT2D eigenvalue weighted by atomic mass is 10.1. The van der Waals surface area contributed by atoms with Crippen molar-refractivity contribution >= 4 is 17.6 Å². The molecule has 0 saturated heterocycles. The lowest BCUT2D eigenvalue weighted by molar-refractivity contribution is 0.413. The number of aliphatic imine (C=N–C) groups is 3. The molecule has 0 amide bonds.